The maximum absolute atomic E-state index is 13.9. The molecule has 0 saturated carbocycles. The molecule has 3 aromatic rings. The number of aromatic hydroxyl groups is 1. The van der Waals surface area contributed by atoms with Crippen molar-refractivity contribution in [3.05, 3.63) is 100 Å². The van der Waals surface area contributed by atoms with Crippen LogP contribution in [0.25, 0.3) is 11.6 Å². The van der Waals surface area contributed by atoms with Gasteiger partial charge in [-0.15, -0.1) is 0 Å². The summed E-state index contributed by atoms with van der Waals surface area (Å²) >= 11 is 6.44. The quantitative estimate of drug-likeness (QED) is 0.203. The monoisotopic (exact) mass is 598 g/mol. The van der Waals surface area contributed by atoms with Crippen LogP contribution in [0.4, 0.5) is 5.69 Å². The Kier molecular flexibility index (Phi) is 8.50. The third kappa shape index (κ3) is 5.78. The highest BCUT2D eigenvalue weighted by Crippen LogP contribution is 2.51. The first-order valence-electron chi connectivity index (χ1n) is 14.4. The Morgan fingerprint density at radius 3 is 2.63 bits per heavy atom. The lowest BCUT2D eigenvalue weighted by Gasteiger charge is -2.43. The van der Waals surface area contributed by atoms with Gasteiger partial charge in [0, 0.05) is 13.3 Å². The highest BCUT2D eigenvalue weighted by atomic mass is 35.5. The summed E-state index contributed by atoms with van der Waals surface area (Å²) in [4.78, 5) is 33.4. The number of allylic oxidation sites excluding steroid dienone is 1. The SMILES string of the molecule is COCC1=C2[C@@H](CC/C(=C/c3ccc(O)cc3Cl)c3ccccn3)OB(O)C[C@@H]2[C@@H]2C(=O)N(c3ccccc3)C(=O)[C@@H]2C1. The molecule has 8 nitrogen and oxygen atoms in total. The van der Waals surface area contributed by atoms with Crippen LogP contribution in [0.1, 0.15) is 30.5 Å². The zero-order valence-corrected chi connectivity index (χ0v) is 24.5. The zero-order chi connectivity index (χ0) is 30.1. The van der Waals surface area contributed by atoms with Crippen molar-refractivity contribution in [2.75, 3.05) is 18.6 Å². The number of hydrogen-bond acceptors (Lipinski definition) is 7. The molecule has 10 heteroatoms. The van der Waals surface area contributed by atoms with Gasteiger partial charge in [0.25, 0.3) is 0 Å². The van der Waals surface area contributed by atoms with Crippen molar-refractivity contribution in [1.29, 1.82) is 0 Å². The minimum Gasteiger partial charge on any atom is -0.508 e. The van der Waals surface area contributed by atoms with Gasteiger partial charge in [0.05, 0.1) is 41.0 Å². The van der Waals surface area contributed by atoms with Crippen LogP contribution in [-0.2, 0) is 19.0 Å². The second-order valence-corrected chi connectivity index (χ2v) is 11.6. The average molecular weight is 599 g/mol. The van der Waals surface area contributed by atoms with E-state index in [4.69, 9.17) is 21.0 Å². The fourth-order valence-corrected chi connectivity index (χ4v) is 7.07. The Morgan fingerprint density at radius 2 is 1.91 bits per heavy atom. The Balaban J connectivity index is 1.33. The second-order valence-electron chi connectivity index (χ2n) is 11.2. The molecular formula is C33H32BClN2O6. The number of fused-ring (bicyclic) bond motifs is 3. The van der Waals surface area contributed by atoms with Gasteiger partial charge in [-0.25, -0.2) is 0 Å². The molecule has 3 aliphatic rings. The molecule has 2 saturated heterocycles. The topological polar surface area (TPSA) is 109 Å². The molecule has 3 heterocycles. The molecule has 0 radical (unpaired) electrons. The van der Waals surface area contributed by atoms with Crippen LogP contribution in [0.5, 0.6) is 5.75 Å². The number of ether oxygens (including phenoxy) is 1. The van der Waals surface area contributed by atoms with Crippen LogP contribution >= 0.6 is 11.6 Å². The minimum atomic E-state index is -1.08. The van der Waals surface area contributed by atoms with E-state index in [1.54, 1.807) is 37.6 Å². The highest BCUT2D eigenvalue weighted by molar-refractivity contribution is 6.43. The lowest BCUT2D eigenvalue weighted by Crippen LogP contribution is -2.46. The van der Waals surface area contributed by atoms with E-state index in [9.17, 15) is 19.7 Å². The molecule has 1 aromatic heterocycles. The van der Waals surface area contributed by atoms with Gasteiger partial charge in [0.2, 0.25) is 11.8 Å². The predicted molar refractivity (Wildman–Crippen MR) is 165 cm³/mol. The van der Waals surface area contributed by atoms with Gasteiger partial charge in [-0.3, -0.25) is 19.5 Å². The van der Waals surface area contributed by atoms with Gasteiger partial charge in [-0.2, -0.15) is 0 Å². The molecule has 2 aliphatic heterocycles. The molecule has 2 amide bonds. The van der Waals surface area contributed by atoms with Crippen LogP contribution in [-0.4, -0.2) is 53.9 Å². The summed E-state index contributed by atoms with van der Waals surface area (Å²) in [6, 6.07) is 19.5. The van der Waals surface area contributed by atoms with E-state index in [-0.39, 0.29) is 29.8 Å². The van der Waals surface area contributed by atoms with Crippen LogP contribution in [0, 0.1) is 17.8 Å². The number of carbonyl (C=O) groups excluding carboxylic acids is 2. The Morgan fingerprint density at radius 1 is 1.12 bits per heavy atom. The largest absolute Gasteiger partial charge is 0.508 e. The van der Waals surface area contributed by atoms with Crippen molar-refractivity contribution in [2.45, 2.75) is 31.7 Å². The summed E-state index contributed by atoms with van der Waals surface area (Å²) in [5, 5.41) is 21.2. The van der Waals surface area contributed by atoms with Crippen LogP contribution in [0.3, 0.4) is 0 Å². The normalized spacial score (nSPS) is 23.9. The lowest BCUT2D eigenvalue weighted by atomic mass is 9.58. The number of rotatable bonds is 8. The third-order valence-electron chi connectivity index (χ3n) is 8.62. The first kappa shape index (κ1) is 29.3. The van der Waals surface area contributed by atoms with E-state index < -0.39 is 25.1 Å². The number of amides is 2. The molecule has 220 valence electrons. The van der Waals surface area contributed by atoms with Crippen molar-refractivity contribution < 1.29 is 29.1 Å². The summed E-state index contributed by atoms with van der Waals surface area (Å²) in [5.41, 5.74) is 4.87. The molecule has 0 bridgehead atoms. The molecule has 0 spiro atoms. The van der Waals surface area contributed by atoms with Gasteiger partial charge in [0.15, 0.2) is 0 Å². The van der Waals surface area contributed by atoms with Crippen molar-refractivity contribution >= 4 is 47.9 Å². The van der Waals surface area contributed by atoms with E-state index in [2.05, 4.69) is 4.98 Å². The van der Waals surface area contributed by atoms with E-state index >= 15 is 0 Å². The first-order valence-corrected chi connectivity index (χ1v) is 14.8. The number of pyridine rings is 1. The average Bonchev–Trinajstić information content (AvgIpc) is 3.26. The standard InChI is InChI=1S/C33H32BClN2O6/c1-42-19-22-16-25-31(33(40)37(32(25)39)23-7-3-2-4-8-23)26-18-34(41)43-29(30(22)26)13-11-21(28-9-5-6-14-36-28)15-20-10-12-24(38)17-27(20)35/h2-10,12,14-15,17,25-26,29,31,38,41H,11,13,16,18-19H2,1H3/b21-15-/t25-,26+,29-,31-/m1/s1. The number of carbonyl (C=O) groups is 2. The Bertz CT molecular complexity index is 1580. The molecule has 1 aliphatic carbocycles. The summed E-state index contributed by atoms with van der Waals surface area (Å²) in [5.74, 6) is -1.81. The van der Waals surface area contributed by atoms with Crippen LogP contribution < -0.4 is 4.90 Å². The van der Waals surface area contributed by atoms with E-state index in [1.807, 2.05) is 42.5 Å². The Hall–Kier alpha value is -3.76. The van der Waals surface area contributed by atoms with Gasteiger partial charge in [0.1, 0.15) is 5.75 Å². The van der Waals surface area contributed by atoms with Gasteiger partial charge >= 0.3 is 7.12 Å². The predicted octanol–water partition coefficient (Wildman–Crippen LogP) is 5.41. The molecule has 0 unspecified atom stereocenters. The summed E-state index contributed by atoms with van der Waals surface area (Å²) < 4.78 is 11.7. The van der Waals surface area contributed by atoms with E-state index in [1.165, 1.54) is 11.0 Å². The first-order chi connectivity index (χ1) is 20.9. The number of anilines is 1. The van der Waals surface area contributed by atoms with Crippen LogP contribution in [0.2, 0.25) is 11.3 Å². The molecule has 4 atom stereocenters. The number of phenolic OH excluding ortho intramolecular Hbond substituents is 1. The summed E-state index contributed by atoms with van der Waals surface area (Å²) in [6.45, 7) is 0.309. The van der Waals surface area contributed by atoms with Gasteiger partial charge < -0.3 is 19.5 Å². The number of hydrogen-bond donors (Lipinski definition) is 2. The molecule has 2 fully saturated rings. The fourth-order valence-electron chi connectivity index (χ4n) is 6.84. The number of phenols is 1. The fraction of sp³-hybridized carbons (Fsp3) is 0.303. The zero-order valence-electron chi connectivity index (χ0n) is 23.7. The number of nitrogens with zero attached hydrogens (tertiary/aromatic N) is 2. The van der Waals surface area contributed by atoms with Gasteiger partial charge in [-0.1, -0.05) is 35.9 Å². The number of para-hydroxylation sites is 1. The number of imide groups is 1. The number of methoxy groups -OCH3 is 1. The number of benzene rings is 2. The Labute approximate surface area is 255 Å². The minimum absolute atomic E-state index is 0.0798. The number of aromatic nitrogens is 1. The molecule has 2 aromatic carbocycles. The van der Waals surface area contributed by atoms with Crippen molar-refractivity contribution in [3.8, 4) is 5.75 Å². The maximum Gasteiger partial charge on any atom is 0.455 e. The second kappa shape index (κ2) is 12.5. The van der Waals surface area contributed by atoms with E-state index in [0.717, 1.165) is 28.0 Å². The smallest absolute Gasteiger partial charge is 0.455 e. The molecule has 43 heavy (non-hydrogen) atoms. The molecule has 2 N–H and O–H groups in total. The van der Waals surface area contributed by atoms with Crippen molar-refractivity contribution in [3.63, 3.8) is 0 Å². The number of halogens is 1. The summed E-state index contributed by atoms with van der Waals surface area (Å²) in [6.07, 6.45) is 4.83. The summed E-state index contributed by atoms with van der Waals surface area (Å²) in [7, 11) is 0.535. The van der Waals surface area contributed by atoms with Gasteiger partial charge in [-0.05, 0) is 102 Å². The van der Waals surface area contributed by atoms with E-state index in [0.29, 0.717) is 36.6 Å². The lowest BCUT2D eigenvalue weighted by molar-refractivity contribution is -0.122. The van der Waals surface area contributed by atoms with Crippen molar-refractivity contribution in [2.24, 2.45) is 17.8 Å². The maximum atomic E-state index is 13.9. The third-order valence-corrected chi connectivity index (χ3v) is 8.95. The van der Waals surface area contributed by atoms with Crippen molar-refractivity contribution in [1.82, 2.24) is 4.98 Å². The molecular weight excluding hydrogens is 567 g/mol. The molecule has 6 rings (SSSR count). The highest BCUT2D eigenvalue weighted by Gasteiger charge is 2.57. The van der Waals surface area contributed by atoms with Crippen LogP contribution in [0.15, 0.2) is 84.1 Å².